The van der Waals surface area contributed by atoms with Gasteiger partial charge in [0.1, 0.15) is 42.7 Å². The Labute approximate surface area is 298 Å². The first-order valence-electron chi connectivity index (χ1n) is 17.8. The summed E-state index contributed by atoms with van der Waals surface area (Å²) in [5.41, 5.74) is 0. The summed E-state index contributed by atoms with van der Waals surface area (Å²) in [4.78, 5) is 37.6. The average Bonchev–Trinajstić information content (AvgIpc) is 3.11. The Kier molecular flexibility index (Phi) is 15.1. The van der Waals surface area contributed by atoms with E-state index in [1.54, 1.807) is 12.2 Å². The molecule has 0 aromatic heterocycles. The standard InChI is InChI=1S/C33H52F3NO15/c1-4-16-11-17(29(45)47-3)12-18(26(16)52-31-25(42)24(41)22(39)14(2)48-31)50-30-21(37-32(46)33(34,35)36)27(23(40)20(13-38)51-30)49-19(28(43)44)10-15-8-6-5-7-9-15/h14-27,30-31,38-42H,4-13H2,1-3H3,(H,37,46)(H,43,44)/t14-,16?,17?,18+,19-,20-,21?,22?,23-,24-,25-,26+,27?,30+,31?/m0/s1. The van der Waals surface area contributed by atoms with Gasteiger partial charge in [0, 0.05) is 0 Å². The molecule has 52 heavy (non-hydrogen) atoms. The highest BCUT2D eigenvalue weighted by Crippen LogP contribution is 2.40. The van der Waals surface area contributed by atoms with Crippen molar-refractivity contribution in [2.75, 3.05) is 13.7 Å². The second-order valence-electron chi connectivity index (χ2n) is 14.2. The van der Waals surface area contributed by atoms with Gasteiger partial charge < -0.3 is 64.4 Å². The maximum atomic E-state index is 13.7. The van der Waals surface area contributed by atoms with Crippen molar-refractivity contribution in [3.05, 3.63) is 0 Å². The maximum absolute atomic E-state index is 13.7. The molecule has 6 unspecified atom stereocenters. The van der Waals surface area contributed by atoms with Crippen LogP contribution in [-0.2, 0) is 42.8 Å². The van der Waals surface area contributed by atoms with E-state index in [2.05, 4.69) is 0 Å². The van der Waals surface area contributed by atoms with Gasteiger partial charge in [-0.05, 0) is 38.0 Å². The number of methoxy groups -OCH3 is 1. The lowest BCUT2D eigenvalue weighted by molar-refractivity contribution is -0.339. The second kappa shape index (κ2) is 18.4. The molecule has 4 rings (SSSR count). The number of carboxylic acid groups (broad SMARTS) is 1. The lowest BCUT2D eigenvalue weighted by atomic mass is 9.76. The molecule has 0 bridgehead atoms. The Morgan fingerprint density at radius 3 is 2.15 bits per heavy atom. The fourth-order valence-electron chi connectivity index (χ4n) is 7.72. The van der Waals surface area contributed by atoms with Crippen LogP contribution in [-0.4, -0.2) is 148 Å². The van der Waals surface area contributed by atoms with Crippen LogP contribution in [0.4, 0.5) is 13.2 Å². The molecular formula is C33H52F3NO15. The molecule has 19 heteroatoms. The second-order valence-corrected chi connectivity index (χ2v) is 14.2. The van der Waals surface area contributed by atoms with Gasteiger partial charge in [0.25, 0.3) is 0 Å². The van der Waals surface area contributed by atoms with Crippen LogP contribution in [0.15, 0.2) is 0 Å². The molecule has 15 atom stereocenters. The zero-order valence-electron chi connectivity index (χ0n) is 29.3. The number of hydrogen-bond acceptors (Lipinski definition) is 14. The van der Waals surface area contributed by atoms with Crippen molar-refractivity contribution >= 4 is 17.8 Å². The molecule has 2 heterocycles. The summed E-state index contributed by atoms with van der Waals surface area (Å²) in [6.45, 7) is 2.26. The van der Waals surface area contributed by atoms with Crippen molar-refractivity contribution in [1.29, 1.82) is 0 Å². The van der Waals surface area contributed by atoms with Crippen molar-refractivity contribution in [1.82, 2.24) is 5.32 Å². The highest BCUT2D eigenvalue weighted by Gasteiger charge is 2.54. The van der Waals surface area contributed by atoms with Crippen LogP contribution in [0.3, 0.4) is 0 Å². The van der Waals surface area contributed by atoms with E-state index in [1.807, 2.05) is 0 Å². The number of alkyl halides is 3. The first-order valence-corrected chi connectivity index (χ1v) is 17.8. The first kappa shape index (κ1) is 42.5. The van der Waals surface area contributed by atoms with Crippen LogP contribution >= 0.6 is 0 Å². The molecule has 0 aromatic carbocycles. The quantitative estimate of drug-likeness (QED) is 0.124. The normalized spacial score (nSPS) is 39.8. The summed E-state index contributed by atoms with van der Waals surface area (Å²) in [6, 6.07) is -2.02. The molecule has 2 saturated carbocycles. The van der Waals surface area contributed by atoms with Crippen LogP contribution < -0.4 is 5.32 Å². The molecule has 1 amide bonds. The molecular weight excluding hydrogens is 707 g/mol. The van der Waals surface area contributed by atoms with Crippen molar-refractivity contribution in [2.45, 2.75) is 157 Å². The maximum Gasteiger partial charge on any atom is 0.471 e. The van der Waals surface area contributed by atoms with Gasteiger partial charge in [-0.1, -0.05) is 45.4 Å². The zero-order chi connectivity index (χ0) is 38.5. The number of ether oxygens (including phenoxy) is 6. The average molecular weight is 760 g/mol. The van der Waals surface area contributed by atoms with Gasteiger partial charge in [0.15, 0.2) is 18.7 Å². The van der Waals surface area contributed by atoms with E-state index in [-0.39, 0.29) is 25.2 Å². The van der Waals surface area contributed by atoms with Crippen molar-refractivity contribution in [2.24, 2.45) is 17.8 Å². The van der Waals surface area contributed by atoms with Gasteiger partial charge in [-0.3, -0.25) is 9.59 Å². The fraction of sp³-hybridized carbons (Fsp3) is 0.909. The summed E-state index contributed by atoms with van der Waals surface area (Å²) in [5.74, 6) is -6.07. The van der Waals surface area contributed by atoms with Crippen LogP contribution in [0.5, 0.6) is 0 Å². The summed E-state index contributed by atoms with van der Waals surface area (Å²) in [6.07, 6.45) is -20.0. The molecule has 4 aliphatic rings. The van der Waals surface area contributed by atoms with Crippen LogP contribution in [0.1, 0.15) is 71.6 Å². The number of carbonyl (C=O) groups is 3. The Balaban J connectivity index is 1.71. The van der Waals surface area contributed by atoms with Crippen LogP contribution in [0, 0.1) is 17.8 Å². The van der Waals surface area contributed by atoms with Gasteiger partial charge >= 0.3 is 24.0 Å². The van der Waals surface area contributed by atoms with E-state index >= 15 is 0 Å². The number of halogens is 3. The molecule has 2 aliphatic heterocycles. The molecule has 2 saturated heterocycles. The largest absolute Gasteiger partial charge is 0.479 e. The third-order valence-electron chi connectivity index (χ3n) is 10.7. The fourth-order valence-corrected chi connectivity index (χ4v) is 7.72. The van der Waals surface area contributed by atoms with Crippen LogP contribution in [0.2, 0.25) is 0 Å². The van der Waals surface area contributed by atoms with Gasteiger partial charge in [-0.2, -0.15) is 13.2 Å². The number of amides is 1. The van der Waals surface area contributed by atoms with Gasteiger partial charge in [0.05, 0.1) is 37.9 Å². The topological polar surface area (TPSA) is 240 Å². The number of nitrogens with one attached hydrogen (secondary N) is 1. The smallest absolute Gasteiger partial charge is 0.471 e. The first-order chi connectivity index (χ1) is 24.5. The SMILES string of the molecule is CCC1CC(C(=O)OC)C[C@@H](O[C@@H]2O[C@@H](CO)[C@H](O)C(O[C@@H](CC3CCCCC3)C(=O)O)C2NC(=O)C(F)(F)F)[C@@H]1OC1O[C@@H](C)C(O)[C@H](O)[C@@H]1O. The summed E-state index contributed by atoms with van der Waals surface area (Å²) in [7, 11) is 1.16. The predicted molar refractivity (Wildman–Crippen MR) is 168 cm³/mol. The predicted octanol–water partition coefficient (Wildman–Crippen LogP) is 0.128. The number of esters is 1. The molecule has 300 valence electrons. The molecule has 0 radical (unpaired) electrons. The van der Waals surface area contributed by atoms with E-state index in [9.17, 15) is 58.2 Å². The molecule has 7 N–H and O–H groups in total. The summed E-state index contributed by atoms with van der Waals surface area (Å²) < 4.78 is 75.7. The highest BCUT2D eigenvalue weighted by atomic mass is 19.4. The summed E-state index contributed by atoms with van der Waals surface area (Å²) in [5, 5.41) is 64.5. The molecule has 4 fully saturated rings. The number of aliphatic carboxylic acids is 1. The van der Waals surface area contributed by atoms with E-state index < -0.39 is 122 Å². The molecule has 2 aliphatic carbocycles. The van der Waals surface area contributed by atoms with E-state index in [0.717, 1.165) is 26.4 Å². The lowest BCUT2D eigenvalue weighted by Crippen LogP contribution is -2.68. The zero-order valence-corrected chi connectivity index (χ0v) is 29.3. The van der Waals surface area contributed by atoms with Crippen LogP contribution in [0.25, 0.3) is 0 Å². The monoisotopic (exact) mass is 759 g/mol. The Hall–Kier alpha value is -2.20. The van der Waals surface area contributed by atoms with Gasteiger partial charge in [-0.25, -0.2) is 4.79 Å². The molecule has 16 nitrogen and oxygen atoms in total. The number of carbonyl (C=O) groups excluding carboxylic acids is 2. The minimum atomic E-state index is -5.45. The Bertz CT molecular complexity index is 1190. The van der Waals surface area contributed by atoms with E-state index in [0.29, 0.717) is 19.3 Å². The highest BCUT2D eigenvalue weighted by molar-refractivity contribution is 5.82. The minimum Gasteiger partial charge on any atom is -0.479 e. The van der Waals surface area contributed by atoms with Crippen molar-refractivity contribution < 1.29 is 86.6 Å². The number of aliphatic hydroxyl groups is 5. The Morgan fingerprint density at radius 1 is 0.904 bits per heavy atom. The molecule has 0 spiro atoms. The number of carboxylic acids is 1. The minimum absolute atomic E-state index is 0.0329. The van der Waals surface area contributed by atoms with E-state index in [4.69, 9.17) is 28.4 Å². The Morgan fingerprint density at radius 2 is 1.58 bits per heavy atom. The van der Waals surface area contributed by atoms with Gasteiger partial charge in [-0.15, -0.1) is 0 Å². The number of hydrogen-bond donors (Lipinski definition) is 7. The number of rotatable bonds is 13. The lowest BCUT2D eigenvalue weighted by Gasteiger charge is -2.49. The van der Waals surface area contributed by atoms with Gasteiger partial charge in [0.2, 0.25) is 0 Å². The third-order valence-corrected chi connectivity index (χ3v) is 10.7. The molecule has 0 aromatic rings. The van der Waals surface area contributed by atoms with Crippen molar-refractivity contribution in [3.63, 3.8) is 0 Å². The third kappa shape index (κ3) is 10.1. The van der Waals surface area contributed by atoms with Crippen molar-refractivity contribution in [3.8, 4) is 0 Å². The summed E-state index contributed by atoms with van der Waals surface area (Å²) >= 11 is 0. The number of aliphatic hydroxyl groups excluding tert-OH is 5. The van der Waals surface area contributed by atoms with E-state index in [1.165, 1.54) is 6.92 Å².